The first-order valence-electron chi connectivity index (χ1n) is 5.48. The summed E-state index contributed by atoms with van der Waals surface area (Å²) in [7, 11) is 1.61. The molecule has 1 heterocycles. The summed E-state index contributed by atoms with van der Waals surface area (Å²) in [6.45, 7) is 0.927. The molecule has 1 atom stereocenters. The molecule has 4 heteroatoms. The molecule has 1 unspecified atom stereocenters. The number of benzene rings is 1. The van der Waals surface area contributed by atoms with Gasteiger partial charge in [0.15, 0.2) is 0 Å². The van der Waals surface area contributed by atoms with Crippen LogP contribution in [0.1, 0.15) is 12.8 Å². The number of methoxy groups -OCH3 is 1. The lowest BCUT2D eigenvalue weighted by Crippen LogP contribution is -2.35. The molecule has 2 N–H and O–H groups in total. The SMILES string of the molecule is COc1cccc(NC(=O)C2CCCN2)c1. The van der Waals surface area contributed by atoms with Crippen molar-refractivity contribution in [2.24, 2.45) is 0 Å². The number of rotatable bonds is 3. The van der Waals surface area contributed by atoms with Gasteiger partial charge in [-0.3, -0.25) is 4.79 Å². The summed E-state index contributed by atoms with van der Waals surface area (Å²) >= 11 is 0. The van der Waals surface area contributed by atoms with Gasteiger partial charge in [0.25, 0.3) is 0 Å². The fraction of sp³-hybridized carbons (Fsp3) is 0.417. The van der Waals surface area contributed by atoms with E-state index in [-0.39, 0.29) is 11.9 Å². The molecule has 1 aromatic carbocycles. The Balaban J connectivity index is 1.99. The lowest BCUT2D eigenvalue weighted by atomic mass is 10.2. The third-order valence-corrected chi connectivity index (χ3v) is 2.71. The van der Waals surface area contributed by atoms with E-state index < -0.39 is 0 Å². The Morgan fingerprint density at radius 1 is 1.56 bits per heavy atom. The number of amides is 1. The normalized spacial score (nSPS) is 19.4. The number of carbonyl (C=O) groups excluding carboxylic acids is 1. The fourth-order valence-corrected chi connectivity index (χ4v) is 1.84. The highest BCUT2D eigenvalue weighted by atomic mass is 16.5. The van der Waals surface area contributed by atoms with Crippen LogP contribution in [0.2, 0.25) is 0 Å². The summed E-state index contributed by atoms with van der Waals surface area (Å²) in [5.41, 5.74) is 0.776. The molecule has 1 aromatic rings. The van der Waals surface area contributed by atoms with Crippen LogP contribution in [0.3, 0.4) is 0 Å². The first-order valence-corrected chi connectivity index (χ1v) is 5.48. The minimum atomic E-state index is -0.0498. The highest BCUT2D eigenvalue weighted by Crippen LogP contribution is 2.17. The third kappa shape index (κ3) is 2.52. The maximum Gasteiger partial charge on any atom is 0.241 e. The van der Waals surface area contributed by atoms with Gasteiger partial charge >= 0.3 is 0 Å². The van der Waals surface area contributed by atoms with Crippen LogP contribution in [-0.2, 0) is 4.79 Å². The van der Waals surface area contributed by atoms with Gasteiger partial charge in [-0.25, -0.2) is 0 Å². The van der Waals surface area contributed by atoms with Gasteiger partial charge in [-0.05, 0) is 31.5 Å². The summed E-state index contributed by atoms with van der Waals surface area (Å²) in [5.74, 6) is 0.780. The molecule has 16 heavy (non-hydrogen) atoms. The van der Waals surface area contributed by atoms with E-state index in [9.17, 15) is 4.79 Å². The predicted molar refractivity (Wildman–Crippen MR) is 62.6 cm³/mol. The number of anilines is 1. The van der Waals surface area contributed by atoms with E-state index in [1.54, 1.807) is 7.11 Å². The third-order valence-electron chi connectivity index (χ3n) is 2.71. The lowest BCUT2D eigenvalue weighted by Gasteiger charge is -2.11. The van der Waals surface area contributed by atoms with Crippen molar-refractivity contribution in [1.29, 1.82) is 0 Å². The summed E-state index contributed by atoms with van der Waals surface area (Å²) in [6.07, 6.45) is 1.98. The monoisotopic (exact) mass is 220 g/mol. The van der Waals surface area contributed by atoms with Crippen LogP contribution in [0, 0.1) is 0 Å². The first-order chi connectivity index (χ1) is 7.79. The van der Waals surface area contributed by atoms with Crippen LogP contribution in [0.25, 0.3) is 0 Å². The molecule has 1 aliphatic heterocycles. The van der Waals surface area contributed by atoms with Gasteiger partial charge in [0.2, 0.25) is 5.91 Å². The van der Waals surface area contributed by atoms with Crippen molar-refractivity contribution >= 4 is 11.6 Å². The molecule has 4 nitrogen and oxygen atoms in total. The van der Waals surface area contributed by atoms with Crippen LogP contribution < -0.4 is 15.4 Å². The van der Waals surface area contributed by atoms with E-state index in [0.29, 0.717) is 0 Å². The van der Waals surface area contributed by atoms with Gasteiger partial charge in [-0.15, -0.1) is 0 Å². The van der Waals surface area contributed by atoms with Gasteiger partial charge in [0.1, 0.15) is 5.75 Å². The van der Waals surface area contributed by atoms with E-state index in [2.05, 4.69) is 10.6 Å². The average Bonchev–Trinajstić information content (AvgIpc) is 2.83. The van der Waals surface area contributed by atoms with E-state index in [1.807, 2.05) is 24.3 Å². The molecule has 0 bridgehead atoms. The zero-order chi connectivity index (χ0) is 11.4. The first kappa shape index (κ1) is 11.0. The molecule has 0 aliphatic carbocycles. The summed E-state index contributed by atoms with van der Waals surface area (Å²) in [4.78, 5) is 11.8. The van der Waals surface area contributed by atoms with Crippen LogP contribution >= 0.6 is 0 Å². The van der Waals surface area contributed by atoms with Crippen molar-refractivity contribution in [1.82, 2.24) is 5.32 Å². The zero-order valence-electron chi connectivity index (χ0n) is 9.32. The number of hydrogen-bond donors (Lipinski definition) is 2. The fourth-order valence-electron chi connectivity index (χ4n) is 1.84. The Morgan fingerprint density at radius 2 is 2.44 bits per heavy atom. The second kappa shape index (κ2) is 4.99. The standard InChI is InChI=1S/C12H16N2O2/c1-16-10-5-2-4-9(8-10)14-12(15)11-6-3-7-13-11/h2,4-5,8,11,13H,3,6-7H2,1H3,(H,14,15). The maximum absolute atomic E-state index is 11.8. The quantitative estimate of drug-likeness (QED) is 0.809. The molecule has 1 fully saturated rings. The van der Waals surface area contributed by atoms with Gasteiger partial charge in [0, 0.05) is 11.8 Å². The van der Waals surface area contributed by atoms with Crippen molar-refractivity contribution < 1.29 is 9.53 Å². The molecule has 86 valence electrons. The molecule has 2 rings (SSSR count). The smallest absolute Gasteiger partial charge is 0.241 e. The summed E-state index contributed by atoms with van der Waals surface area (Å²) < 4.78 is 5.09. The van der Waals surface area contributed by atoms with Crippen molar-refractivity contribution in [2.45, 2.75) is 18.9 Å². The summed E-state index contributed by atoms with van der Waals surface area (Å²) in [5, 5.41) is 6.04. The Kier molecular flexibility index (Phi) is 3.41. The Bertz CT molecular complexity index is 373. The number of hydrogen-bond acceptors (Lipinski definition) is 3. The number of nitrogens with one attached hydrogen (secondary N) is 2. The van der Waals surface area contributed by atoms with Crippen molar-refractivity contribution in [3.05, 3.63) is 24.3 Å². The average molecular weight is 220 g/mol. The predicted octanol–water partition coefficient (Wildman–Crippen LogP) is 1.39. The van der Waals surface area contributed by atoms with Crippen LogP contribution in [0.15, 0.2) is 24.3 Å². The largest absolute Gasteiger partial charge is 0.497 e. The molecule has 1 saturated heterocycles. The molecule has 1 amide bonds. The highest BCUT2D eigenvalue weighted by Gasteiger charge is 2.21. The molecular formula is C12H16N2O2. The minimum absolute atomic E-state index is 0.0331. The maximum atomic E-state index is 11.8. The van der Waals surface area contributed by atoms with E-state index in [0.717, 1.165) is 30.8 Å². The Labute approximate surface area is 95.0 Å². The van der Waals surface area contributed by atoms with Crippen molar-refractivity contribution in [3.63, 3.8) is 0 Å². The molecule has 0 spiro atoms. The zero-order valence-corrected chi connectivity index (χ0v) is 9.32. The van der Waals surface area contributed by atoms with E-state index in [1.165, 1.54) is 0 Å². The number of ether oxygens (including phenoxy) is 1. The van der Waals surface area contributed by atoms with Crippen LogP contribution in [0.4, 0.5) is 5.69 Å². The van der Waals surface area contributed by atoms with Gasteiger partial charge in [-0.1, -0.05) is 6.07 Å². The topological polar surface area (TPSA) is 50.4 Å². The van der Waals surface area contributed by atoms with Crippen LogP contribution in [-0.4, -0.2) is 25.6 Å². The Morgan fingerprint density at radius 3 is 3.12 bits per heavy atom. The summed E-state index contributed by atoms with van der Waals surface area (Å²) in [6, 6.07) is 7.33. The van der Waals surface area contributed by atoms with E-state index in [4.69, 9.17) is 4.74 Å². The molecule has 1 aliphatic rings. The van der Waals surface area contributed by atoms with Gasteiger partial charge in [-0.2, -0.15) is 0 Å². The lowest BCUT2D eigenvalue weighted by molar-refractivity contribution is -0.117. The Hall–Kier alpha value is -1.55. The molecule has 0 saturated carbocycles. The second-order valence-electron chi connectivity index (χ2n) is 3.87. The van der Waals surface area contributed by atoms with Crippen molar-refractivity contribution in [3.8, 4) is 5.75 Å². The highest BCUT2D eigenvalue weighted by molar-refractivity contribution is 5.95. The molecular weight excluding hydrogens is 204 g/mol. The second-order valence-corrected chi connectivity index (χ2v) is 3.87. The van der Waals surface area contributed by atoms with Crippen molar-refractivity contribution in [2.75, 3.05) is 19.0 Å². The van der Waals surface area contributed by atoms with E-state index >= 15 is 0 Å². The van der Waals surface area contributed by atoms with Gasteiger partial charge in [0.05, 0.1) is 13.2 Å². The minimum Gasteiger partial charge on any atom is -0.497 e. The molecule has 0 aromatic heterocycles. The molecule has 0 radical (unpaired) electrons. The number of carbonyl (C=O) groups is 1. The van der Waals surface area contributed by atoms with Crippen LogP contribution in [0.5, 0.6) is 5.75 Å². The van der Waals surface area contributed by atoms with Gasteiger partial charge < -0.3 is 15.4 Å².